The van der Waals surface area contributed by atoms with Crippen LogP contribution in [0.5, 0.6) is 0 Å². The number of benzene rings is 2. The number of aryl methyl sites for hydroxylation is 2. The number of nitrogens with zero attached hydrogens (tertiary/aromatic N) is 1. The second kappa shape index (κ2) is 5.20. The molecule has 2 aromatic rings. The van der Waals surface area contributed by atoms with Gasteiger partial charge in [-0.25, -0.2) is 0 Å². The number of non-ortho nitro benzene ring substituents is 1. The van der Waals surface area contributed by atoms with Gasteiger partial charge in [-0.15, -0.1) is 0 Å². The number of rotatable bonds is 3. The van der Waals surface area contributed by atoms with Crippen molar-refractivity contribution in [3.05, 3.63) is 74.8 Å². The highest BCUT2D eigenvalue weighted by molar-refractivity contribution is 5.45. The predicted molar refractivity (Wildman–Crippen MR) is 75.0 cm³/mol. The van der Waals surface area contributed by atoms with E-state index >= 15 is 0 Å². The largest absolute Gasteiger partial charge is 0.320 e. The van der Waals surface area contributed by atoms with Gasteiger partial charge < -0.3 is 5.73 Å². The van der Waals surface area contributed by atoms with Crippen LogP contribution in [-0.4, -0.2) is 4.92 Å². The maximum absolute atomic E-state index is 10.9. The Bertz CT molecular complexity index is 623. The van der Waals surface area contributed by atoms with E-state index in [-0.39, 0.29) is 11.7 Å². The van der Waals surface area contributed by atoms with Gasteiger partial charge in [-0.3, -0.25) is 10.1 Å². The van der Waals surface area contributed by atoms with Gasteiger partial charge in [0.2, 0.25) is 0 Å². The summed E-state index contributed by atoms with van der Waals surface area (Å²) in [5, 5.41) is 10.9. The van der Waals surface area contributed by atoms with E-state index in [4.69, 9.17) is 5.73 Å². The molecule has 0 aliphatic rings. The molecule has 0 heterocycles. The fraction of sp³-hybridized carbons (Fsp3) is 0.200. The van der Waals surface area contributed by atoms with Gasteiger partial charge in [0.05, 0.1) is 11.0 Å². The average molecular weight is 256 g/mol. The molecule has 0 fully saturated rings. The van der Waals surface area contributed by atoms with E-state index in [1.807, 2.05) is 38.1 Å². The van der Waals surface area contributed by atoms with Gasteiger partial charge in [0, 0.05) is 12.1 Å². The lowest BCUT2D eigenvalue weighted by Gasteiger charge is -2.17. The molecule has 0 bridgehead atoms. The molecule has 0 aliphatic carbocycles. The van der Waals surface area contributed by atoms with Crippen LogP contribution in [0.4, 0.5) is 5.69 Å². The molecular formula is C15H16N2O2. The minimum Gasteiger partial charge on any atom is -0.320 e. The first-order valence-electron chi connectivity index (χ1n) is 6.06. The molecule has 0 spiro atoms. The summed E-state index contributed by atoms with van der Waals surface area (Å²) in [6, 6.07) is 12.3. The van der Waals surface area contributed by atoms with Crippen molar-refractivity contribution in [2.75, 3.05) is 0 Å². The van der Waals surface area contributed by atoms with Gasteiger partial charge >= 0.3 is 0 Å². The Morgan fingerprint density at radius 2 is 1.68 bits per heavy atom. The molecule has 1 atom stereocenters. The minimum atomic E-state index is -0.395. The van der Waals surface area contributed by atoms with Crippen molar-refractivity contribution in [1.82, 2.24) is 0 Å². The second-order valence-corrected chi connectivity index (χ2v) is 4.63. The number of hydrogen-bond donors (Lipinski definition) is 1. The van der Waals surface area contributed by atoms with Crippen LogP contribution in [0.3, 0.4) is 0 Å². The van der Waals surface area contributed by atoms with E-state index in [9.17, 15) is 10.1 Å². The summed E-state index contributed by atoms with van der Waals surface area (Å²) < 4.78 is 0. The standard InChI is InChI=1S/C15H16N2O2/c1-10-5-3-4-6-13(10)15(16)14-9-12(17(18)19)8-7-11(14)2/h3-9,15H,16H2,1-2H3. The van der Waals surface area contributed by atoms with Gasteiger partial charge in [0.25, 0.3) is 5.69 Å². The van der Waals surface area contributed by atoms with Crippen molar-refractivity contribution in [3.8, 4) is 0 Å². The Hall–Kier alpha value is -2.20. The summed E-state index contributed by atoms with van der Waals surface area (Å²) >= 11 is 0. The van der Waals surface area contributed by atoms with Crippen molar-refractivity contribution in [3.63, 3.8) is 0 Å². The fourth-order valence-corrected chi connectivity index (χ4v) is 2.18. The third kappa shape index (κ3) is 2.63. The summed E-state index contributed by atoms with van der Waals surface area (Å²) in [4.78, 5) is 10.5. The Morgan fingerprint density at radius 1 is 1.05 bits per heavy atom. The van der Waals surface area contributed by atoms with Crippen LogP contribution >= 0.6 is 0 Å². The highest BCUT2D eigenvalue weighted by Gasteiger charge is 2.16. The van der Waals surface area contributed by atoms with Crippen molar-refractivity contribution in [2.45, 2.75) is 19.9 Å². The van der Waals surface area contributed by atoms with Gasteiger partial charge in [0.1, 0.15) is 0 Å². The molecule has 0 aromatic heterocycles. The third-order valence-corrected chi connectivity index (χ3v) is 3.33. The molecule has 98 valence electrons. The molecule has 4 nitrogen and oxygen atoms in total. The first kappa shape index (κ1) is 13.2. The highest BCUT2D eigenvalue weighted by atomic mass is 16.6. The summed E-state index contributed by atoms with van der Waals surface area (Å²) in [6.45, 7) is 3.90. The normalized spacial score (nSPS) is 12.2. The van der Waals surface area contributed by atoms with E-state index in [2.05, 4.69) is 0 Å². The molecule has 0 saturated heterocycles. The van der Waals surface area contributed by atoms with E-state index in [0.717, 1.165) is 22.3 Å². The van der Waals surface area contributed by atoms with E-state index in [1.54, 1.807) is 12.1 Å². The van der Waals surface area contributed by atoms with Gasteiger partial charge in [-0.2, -0.15) is 0 Å². The van der Waals surface area contributed by atoms with Crippen LogP contribution in [-0.2, 0) is 0 Å². The molecule has 2 rings (SSSR count). The molecule has 1 unspecified atom stereocenters. The smallest absolute Gasteiger partial charge is 0.269 e. The van der Waals surface area contributed by atoms with E-state index in [0.29, 0.717) is 0 Å². The van der Waals surface area contributed by atoms with Crippen LogP contribution < -0.4 is 5.73 Å². The van der Waals surface area contributed by atoms with Crippen molar-refractivity contribution < 1.29 is 4.92 Å². The fourth-order valence-electron chi connectivity index (χ4n) is 2.18. The minimum absolute atomic E-state index is 0.0737. The zero-order chi connectivity index (χ0) is 14.0. The lowest BCUT2D eigenvalue weighted by molar-refractivity contribution is -0.384. The molecule has 0 amide bonds. The van der Waals surface area contributed by atoms with Crippen LogP contribution in [0.25, 0.3) is 0 Å². The van der Waals surface area contributed by atoms with Crippen LogP contribution in [0.1, 0.15) is 28.3 Å². The predicted octanol–water partition coefficient (Wildman–Crippen LogP) is 3.26. The van der Waals surface area contributed by atoms with E-state index in [1.165, 1.54) is 6.07 Å². The Balaban J connectivity index is 2.49. The first-order chi connectivity index (χ1) is 9.00. The van der Waals surface area contributed by atoms with Crippen LogP contribution in [0.15, 0.2) is 42.5 Å². The molecule has 2 aromatic carbocycles. The molecule has 4 heteroatoms. The van der Waals surface area contributed by atoms with E-state index < -0.39 is 4.92 Å². The Kier molecular flexibility index (Phi) is 3.62. The number of nitrogens with two attached hydrogens (primary N) is 1. The molecular weight excluding hydrogens is 240 g/mol. The lowest BCUT2D eigenvalue weighted by atomic mass is 9.92. The molecule has 2 N–H and O–H groups in total. The quantitative estimate of drug-likeness (QED) is 0.677. The van der Waals surface area contributed by atoms with Crippen molar-refractivity contribution in [1.29, 1.82) is 0 Å². The zero-order valence-electron chi connectivity index (χ0n) is 11.0. The maximum Gasteiger partial charge on any atom is 0.269 e. The molecule has 0 aliphatic heterocycles. The zero-order valence-corrected chi connectivity index (χ0v) is 11.0. The van der Waals surface area contributed by atoms with Crippen molar-refractivity contribution >= 4 is 5.69 Å². The second-order valence-electron chi connectivity index (χ2n) is 4.63. The van der Waals surface area contributed by atoms with Crippen LogP contribution in [0.2, 0.25) is 0 Å². The van der Waals surface area contributed by atoms with Crippen molar-refractivity contribution in [2.24, 2.45) is 5.73 Å². The van der Waals surface area contributed by atoms with Crippen LogP contribution in [0, 0.1) is 24.0 Å². The summed E-state index contributed by atoms with van der Waals surface area (Å²) in [5.74, 6) is 0. The first-order valence-corrected chi connectivity index (χ1v) is 6.06. The summed E-state index contributed by atoms with van der Waals surface area (Å²) in [6.07, 6.45) is 0. The third-order valence-electron chi connectivity index (χ3n) is 3.33. The lowest BCUT2D eigenvalue weighted by Crippen LogP contribution is -2.14. The highest BCUT2D eigenvalue weighted by Crippen LogP contribution is 2.27. The number of nitro groups is 1. The number of hydrogen-bond acceptors (Lipinski definition) is 3. The molecule has 0 saturated carbocycles. The monoisotopic (exact) mass is 256 g/mol. The molecule has 19 heavy (non-hydrogen) atoms. The Labute approximate surface area is 112 Å². The topological polar surface area (TPSA) is 69.2 Å². The van der Waals surface area contributed by atoms with Gasteiger partial charge in [-0.05, 0) is 36.1 Å². The number of nitro benzene ring substituents is 1. The average Bonchev–Trinajstić information content (AvgIpc) is 2.38. The maximum atomic E-state index is 10.9. The summed E-state index contributed by atoms with van der Waals surface area (Å²) in [7, 11) is 0. The van der Waals surface area contributed by atoms with Gasteiger partial charge in [-0.1, -0.05) is 30.3 Å². The Morgan fingerprint density at radius 3 is 2.32 bits per heavy atom. The SMILES string of the molecule is Cc1ccccc1C(N)c1cc([N+](=O)[O-])ccc1C. The summed E-state index contributed by atoms with van der Waals surface area (Å²) in [5.41, 5.74) is 10.2. The molecule has 0 radical (unpaired) electrons. The van der Waals surface area contributed by atoms with Gasteiger partial charge in [0.15, 0.2) is 0 Å².